The van der Waals surface area contributed by atoms with Crippen molar-refractivity contribution in [3.8, 4) is 5.88 Å². The van der Waals surface area contributed by atoms with Gasteiger partial charge < -0.3 is 24.8 Å². The van der Waals surface area contributed by atoms with Gasteiger partial charge in [0, 0.05) is 38.2 Å². The summed E-state index contributed by atoms with van der Waals surface area (Å²) in [5, 5.41) is 5.29. The smallest absolute Gasteiger partial charge is 0.407 e. The first-order chi connectivity index (χ1) is 12.3. The molecule has 0 spiro atoms. The highest BCUT2D eigenvalue weighted by Crippen LogP contribution is 2.15. The third-order valence-corrected chi connectivity index (χ3v) is 3.53. The molecular formula is C18H27N3O5. The van der Waals surface area contributed by atoms with Crippen LogP contribution in [0, 0.1) is 0 Å². The Bertz CT molecular complexity index is 592. The molecule has 1 aromatic heterocycles. The van der Waals surface area contributed by atoms with Gasteiger partial charge in [-0.1, -0.05) is 0 Å². The Balaban J connectivity index is 1.69. The van der Waals surface area contributed by atoms with Crippen molar-refractivity contribution >= 4 is 12.0 Å². The van der Waals surface area contributed by atoms with Crippen molar-refractivity contribution in [3.05, 3.63) is 23.9 Å². The van der Waals surface area contributed by atoms with Gasteiger partial charge in [0.15, 0.2) is 0 Å². The third-order valence-electron chi connectivity index (χ3n) is 3.53. The van der Waals surface area contributed by atoms with E-state index in [0.717, 1.165) is 12.8 Å². The maximum atomic E-state index is 12.1. The minimum atomic E-state index is -0.548. The molecule has 2 rings (SSSR count). The van der Waals surface area contributed by atoms with E-state index in [1.54, 1.807) is 32.9 Å². The molecule has 0 atom stereocenters. The number of pyridine rings is 1. The first-order valence-corrected chi connectivity index (χ1v) is 8.79. The largest absolute Gasteiger partial charge is 0.474 e. The average molecular weight is 365 g/mol. The van der Waals surface area contributed by atoms with Gasteiger partial charge in [0.1, 0.15) is 11.7 Å². The molecule has 0 aromatic carbocycles. The average Bonchev–Trinajstić information content (AvgIpc) is 2.58. The molecule has 26 heavy (non-hydrogen) atoms. The lowest BCUT2D eigenvalue weighted by molar-refractivity contribution is 0.0237. The van der Waals surface area contributed by atoms with E-state index in [2.05, 4.69) is 15.6 Å². The maximum absolute atomic E-state index is 12.1. The van der Waals surface area contributed by atoms with Crippen LogP contribution in [-0.4, -0.2) is 55.0 Å². The molecule has 0 aliphatic carbocycles. The number of nitrogens with zero attached hydrogens (tertiary/aromatic N) is 1. The number of alkyl carbamates (subject to hydrolysis) is 1. The summed E-state index contributed by atoms with van der Waals surface area (Å²) in [6.07, 6.45) is 2.76. The van der Waals surface area contributed by atoms with Gasteiger partial charge in [-0.05, 0) is 26.8 Å². The van der Waals surface area contributed by atoms with E-state index in [1.807, 2.05) is 0 Å². The summed E-state index contributed by atoms with van der Waals surface area (Å²) < 4.78 is 16.2. The Hall–Kier alpha value is -2.35. The number of rotatable bonds is 6. The highest BCUT2D eigenvalue weighted by molar-refractivity contribution is 5.93. The molecule has 2 N–H and O–H groups in total. The second-order valence-electron chi connectivity index (χ2n) is 7.00. The van der Waals surface area contributed by atoms with Crippen molar-refractivity contribution < 1.29 is 23.8 Å². The van der Waals surface area contributed by atoms with Gasteiger partial charge in [-0.25, -0.2) is 9.78 Å². The lowest BCUT2D eigenvalue weighted by atomic mass is 10.1. The van der Waals surface area contributed by atoms with Crippen molar-refractivity contribution in [3.63, 3.8) is 0 Å². The minimum absolute atomic E-state index is 0.106. The highest BCUT2D eigenvalue weighted by Gasteiger charge is 2.17. The van der Waals surface area contributed by atoms with Crippen LogP contribution in [0.1, 0.15) is 44.0 Å². The van der Waals surface area contributed by atoms with Crippen LogP contribution in [0.15, 0.2) is 18.3 Å². The Morgan fingerprint density at radius 3 is 2.50 bits per heavy atom. The van der Waals surface area contributed by atoms with E-state index in [1.165, 1.54) is 6.20 Å². The van der Waals surface area contributed by atoms with Gasteiger partial charge in [0.2, 0.25) is 5.88 Å². The Morgan fingerprint density at radius 2 is 1.88 bits per heavy atom. The number of nitrogens with one attached hydrogen (secondary N) is 2. The minimum Gasteiger partial charge on any atom is -0.474 e. The molecule has 1 saturated heterocycles. The van der Waals surface area contributed by atoms with Crippen molar-refractivity contribution in [2.45, 2.75) is 45.3 Å². The summed E-state index contributed by atoms with van der Waals surface area (Å²) in [7, 11) is 0. The van der Waals surface area contributed by atoms with Gasteiger partial charge >= 0.3 is 6.09 Å². The van der Waals surface area contributed by atoms with E-state index < -0.39 is 11.7 Å². The monoisotopic (exact) mass is 365 g/mol. The van der Waals surface area contributed by atoms with E-state index in [-0.39, 0.29) is 18.6 Å². The molecule has 0 radical (unpaired) electrons. The number of carbonyl (C=O) groups is 2. The Labute approximate surface area is 153 Å². The van der Waals surface area contributed by atoms with Gasteiger partial charge in [-0.15, -0.1) is 0 Å². The lowest BCUT2D eigenvalue weighted by Crippen LogP contribution is -2.37. The Kier molecular flexibility index (Phi) is 7.20. The predicted octanol–water partition coefficient (Wildman–Crippen LogP) is 1.89. The van der Waals surface area contributed by atoms with Crippen molar-refractivity contribution in [2.75, 3.05) is 26.3 Å². The lowest BCUT2D eigenvalue weighted by Gasteiger charge is -2.22. The van der Waals surface area contributed by atoms with Crippen LogP contribution in [0.3, 0.4) is 0 Å². The molecule has 2 heterocycles. The molecule has 8 heteroatoms. The first-order valence-electron chi connectivity index (χ1n) is 8.79. The molecule has 1 fully saturated rings. The van der Waals surface area contributed by atoms with E-state index in [4.69, 9.17) is 14.2 Å². The topological polar surface area (TPSA) is 98.8 Å². The molecule has 1 aliphatic heterocycles. The van der Waals surface area contributed by atoms with Crippen LogP contribution >= 0.6 is 0 Å². The predicted molar refractivity (Wildman–Crippen MR) is 95.3 cm³/mol. The zero-order chi connectivity index (χ0) is 19.0. The molecular weight excluding hydrogens is 338 g/mol. The zero-order valence-electron chi connectivity index (χ0n) is 15.5. The standard InChI is InChI=1S/C18H27N3O5/c1-18(2,3)26-17(23)20-9-8-19-16(22)13-4-5-15(21-12-13)25-14-6-10-24-11-7-14/h4-5,12,14H,6-11H2,1-3H3,(H,19,22)(H,20,23). The summed E-state index contributed by atoms with van der Waals surface area (Å²) in [6, 6.07) is 3.35. The third kappa shape index (κ3) is 7.26. The number of aromatic nitrogens is 1. The first kappa shape index (κ1) is 20.0. The van der Waals surface area contributed by atoms with Crippen LogP contribution in [0.25, 0.3) is 0 Å². The quantitative estimate of drug-likeness (QED) is 0.747. The number of carbonyl (C=O) groups excluding carboxylic acids is 2. The van der Waals surface area contributed by atoms with Gasteiger partial charge in [0.05, 0.1) is 18.8 Å². The van der Waals surface area contributed by atoms with Crippen LogP contribution in [0.5, 0.6) is 5.88 Å². The van der Waals surface area contributed by atoms with E-state index in [0.29, 0.717) is 31.2 Å². The van der Waals surface area contributed by atoms with Crippen LogP contribution in [-0.2, 0) is 9.47 Å². The van der Waals surface area contributed by atoms with Crippen molar-refractivity contribution in [2.24, 2.45) is 0 Å². The summed E-state index contributed by atoms with van der Waals surface area (Å²) in [5.74, 6) is 0.237. The number of hydrogen-bond acceptors (Lipinski definition) is 6. The Morgan fingerprint density at radius 1 is 1.19 bits per heavy atom. The fourth-order valence-electron chi connectivity index (χ4n) is 2.31. The van der Waals surface area contributed by atoms with Gasteiger partial charge in [-0.2, -0.15) is 0 Å². The molecule has 0 saturated carbocycles. The molecule has 1 aliphatic rings. The molecule has 0 unspecified atom stereocenters. The fourth-order valence-corrected chi connectivity index (χ4v) is 2.31. The zero-order valence-corrected chi connectivity index (χ0v) is 15.5. The maximum Gasteiger partial charge on any atom is 0.407 e. The van der Waals surface area contributed by atoms with E-state index >= 15 is 0 Å². The fraction of sp³-hybridized carbons (Fsp3) is 0.611. The summed E-state index contributed by atoms with van der Waals surface area (Å²) in [5.41, 5.74) is -0.116. The van der Waals surface area contributed by atoms with Crippen molar-refractivity contribution in [1.82, 2.24) is 15.6 Å². The molecule has 144 valence electrons. The SMILES string of the molecule is CC(C)(C)OC(=O)NCCNC(=O)c1ccc(OC2CCOCC2)nc1. The van der Waals surface area contributed by atoms with Crippen LogP contribution < -0.4 is 15.4 Å². The summed E-state index contributed by atoms with van der Waals surface area (Å²) >= 11 is 0. The second-order valence-corrected chi connectivity index (χ2v) is 7.00. The number of ether oxygens (including phenoxy) is 3. The van der Waals surface area contributed by atoms with Gasteiger partial charge in [0.25, 0.3) is 5.91 Å². The highest BCUT2D eigenvalue weighted by atomic mass is 16.6. The van der Waals surface area contributed by atoms with E-state index in [9.17, 15) is 9.59 Å². The number of hydrogen-bond donors (Lipinski definition) is 2. The van der Waals surface area contributed by atoms with Crippen LogP contribution in [0.4, 0.5) is 4.79 Å². The summed E-state index contributed by atoms with van der Waals surface area (Å²) in [4.78, 5) is 27.7. The van der Waals surface area contributed by atoms with Gasteiger partial charge in [-0.3, -0.25) is 4.79 Å². The van der Waals surface area contributed by atoms with Crippen molar-refractivity contribution in [1.29, 1.82) is 0 Å². The molecule has 0 bridgehead atoms. The van der Waals surface area contributed by atoms with Crippen LogP contribution in [0.2, 0.25) is 0 Å². The number of amides is 2. The molecule has 8 nitrogen and oxygen atoms in total. The molecule has 1 aromatic rings. The second kappa shape index (κ2) is 9.38. The molecule has 2 amide bonds. The summed E-state index contributed by atoms with van der Waals surface area (Å²) in [6.45, 7) is 7.33. The normalized spacial score (nSPS) is 15.2.